The lowest BCUT2D eigenvalue weighted by molar-refractivity contribution is -0.140. The van der Waals surface area contributed by atoms with E-state index in [2.05, 4.69) is 11.6 Å². The van der Waals surface area contributed by atoms with Crippen LogP contribution in [0.4, 0.5) is 21.6 Å². The number of fused-ring (bicyclic) bond motifs is 2. The fraction of sp³-hybridized carbons (Fsp3) is 0.333. The molecule has 10 nitrogen and oxygen atoms in total. The van der Waals surface area contributed by atoms with Gasteiger partial charge in [-0.1, -0.05) is 43.6 Å². The number of halogens is 3. The molecule has 0 radical (unpaired) electrons. The number of aromatic nitrogens is 2. The number of pyridine rings is 2. The summed E-state index contributed by atoms with van der Waals surface area (Å²) in [5.74, 6) is -0.332. The predicted octanol–water partition coefficient (Wildman–Crippen LogP) is 5.15. The van der Waals surface area contributed by atoms with Crippen molar-refractivity contribution >= 4 is 52.2 Å². The van der Waals surface area contributed by atoms with Gasteiger partial charge in [-0.15, -0.1) is 0 Å². The lowest BCUT2D eigenvalue weighted by Gasteiger charge is -2.48. The first-order valence-corrected chi connectivity index (χ1v) is 14.3. The number of ether oxygens (including phenoxy) is 2. The van der Waals surface area contributed by atoms with Gasteiger partial charge in [0.25, 0.3) is 5.91 Å². The molecule has 3 aromatic rings. The van der Waals surface area contributed by atoms with E-state index in [4.69, 9.17) is 37.7 Å². The van der Waals surface area contributed by atoms with E-state index in [1.807, 2.05) is 20.8 Å². The molecule has 13 heteroatoms. The minimum atomic E-state index is -1.93. The summed E-state index contributed by atoms with van der Waals surface area (Å²) in [5.41, 5.74) is 0.680. The number of alkyl halides is 1. The summed E-state index contributed by atoms with van der Waals surface area (Å²) >= 11 is 13.4. The summed E-state index contributed by atoms with van der Waals surface area (Å²) in [5, 5.41) is 12.0. The van der Waals surface area contributed by atoms with Crippen LogP contribution in [0.2, 0.25) is 10.0 Å². The number of rotatable bonds is 6. The van der Waals surface area contributed by atoms with Gasteiger partial charge in [-0.25, -0.2) is 9.37 Å². The van der Waals surface area contributed by atoms with Crippen molar-refractivity contribution in [2.75, 3.05) is 36.2 Å². The van der Waals surface area contributed by atoms with Crippen molar-refractivity contribution in [2.45, 2.75) is 38.6 Å². The summed E-state index contributed by atoms with van der Waals surface area (Å²) in [6.07, 6.45) is 0.988. The fourth-order valence-corrected chi connectivity index (χ4v) is 6.16. The van der Waals surface area contributed by atoms with Crippen LogP contribution in [-0.2, 0) is 9.59 Å². The fourth-order valence-electron chi connectivity index (χ4n) is 5.68. The number of carbonyl (C=O) groups excluding carboxylic acids is 2. The quantitative estimate of drug-likeness (QED) is 0.374. The van der Waals surface area contributed by atoms with Crippen LogP contribution in [-0.4, -0.2) is 70.1 Å². The third-order valence-electron chi connectivity index (χ3n) is 7.73. The third-order valence-corrected chi connectivity index (χ3v) is 8.33. The first kappa shape index (κ1) is 29.2. The Balaban J connectivity index is 1.55. The molecule has 2 aromatic heterocycles. The van der Waals surface area contributed by atoms with Gasteiger partial charge in [-0.2, -0.15) is 0 Å². The number of aliphatic hydroxyl groups excluding tert-OH is 1. The van der Waals surface area contributed by atoms with Crippen LogP contribution < -0.4 is 19.3 Å². The molecule has 1 atom stereocenters. The van der Waals surface area contributed by atoms with Gasteiger partial charge in [0.15, 0.2) is 23.0 Å². The number of carbonyl (C=O) groups is 2. The molecule has 6 rings (SSSR count). The van der Waals surface area contributed by atoms with Gasteiger partial charge < -0.3 is 24.4 Å². The van der Waals surface area contributed by atoms with E-state index in [1.54, 1.807) is 24.4 Å². The highest BCUT2D eigenvalue weighted by molar-refractivity contribution is 6.37. The van der Waals surface area contributed by atoms with Gasteiger partial charge in [0.05, 0.1) is 58.0 Å². The van der Waals surface area contributed by atoms with Crippen LogP contribution in [0.5, 0.6) is 11.5 Å². The zero-order valence-electron chi connectivity index (χ0n) is 23.6. The minimum Gasteiger partial charge on any atom is -0.454 e. The average Bonchev–Trinajstić information content (AvgIpc) is 3.43. The second-order valence-electron chi connectivity index (χ2n) is 11.1. The number of amides is 2. The van der Waals surface area contributed by atoms with Crippen LogP contribution in [0.15, 0.2) is 43.1 Å². The van der Waals surface area contributed by atoms with Crippen molar-refractivity contribution in [3.8, 4) is 22.8 Å². The molecule has 0 spiro atoms. The van der Waals surface area contributed by atoms with Crippen molar-refractivity contribution < 1.29 is 28.6 Å². The largest absolute Gasteiger partial charge is 0.454 e. The number of aryl methyl sites for hydroxylation is 1. The molecular weight excluding hydrogens is 600 g/mol. The van der Waals surface area contributed by atoms with Crippen molar-refractivity contribution in [1.82, 2.24) is 14.9 Å². The summed E-state index contributed by atoms with van der Waals surface area (Å²) in [7, 11) is 0. The first-order chi connectivity index (χ1) is 20.4. The SMILES string of the molecule is C=CC(=O)N1CC(F)(CN2C(=O)C(O)N(c3c(C)ccnc3C(C)C)c3nc(-c4c(Cl)ccc5c4OCO5)c(Cl)cc32)C1. The molecule has 43 heavy (non-hydrogen) atoms. The summed E-state index contributed by atoms with van der Waals surface area (Å²) < 4.78 is 27.1. The Labute approximate surface area is 257 Å². The zero-order valence-corrected chi connectivity index (χ0v) is 25.1. The van der Waals surface area contributed by atoms with Crippen LogP contribution in [0.25, 0.3) is 11.3 Å². The Morgan fingerprint density at radius 2 is 2.00 bits per heavy atom. The predicted molar refractivity (Wildman–Crippen MR) is 160 cm³/mol. The maximum atomic E-state index is 15.9. The van der Waals surface area contributed by atoms with Gasteiger partial charge in [0, 0.05) is 6.20 Å². The Morgan fingerprint density at radius 3 is 2.70 bits per heavy atom. The number of aliphatic hydroxyl groups is 1. The Hall–Kier alpha value is -3.93. The normalized spacial score (nSPS) is 18.6. The second kappa shape index (κ2) is 10.7. The number of anilines is 3. The number of benzene rings is 1. The molecule has 0 bridgehead atoms. The van der Waals surface area contributed by atoms with Crippen molar-refractivity contribution in [2.24, 2.45) is 0 Å². The standard InChI is InChI=1S/C30H28Cl2FN5O5/c1-5-21(39)36-11-30(33,12-36)13-37-19-10-18(32)24(22-17(31)6-7-20-26(22)43-14-42-20)35-27(19)38(29(41)28(37)40)25-16(4)8-9-34-23(25)15(2)3/h5-10,15,29,41H,1,11-14H2,2-4H3. The molecule has 2 amide bonds. The van der Waals surface area contributed by atoms with Crippen molar-refractivity contribution in [1.29, 1.82) is 0 Å². The molecule has 5 heterocycles. The molecule has 0 aliphatic carbocycles. The second-order valence-corrected chi connectivity index (χ2v) is 11.9. The molecule has 0 saturated carbocycles. The van der Waals surface area contributed by atoms with Crippen molar-refractivity contribution in [3.05, 3.63) is 64.4 Å². The Bertz CT molecular complexity index is 1680. The molecule has 1 unspecified atom stereocenters. The highest BCUT2D eigenvalue weighted by Crippen LogP contribution is 2.51. The monoisotopic (exact) mass is 627 g/mol. The van der Waals surface area contributed by atoms with E-state index in [0.717, 1.165) is 16.5 Å². The molecule has 1 aromatic carbocycles. The van der Waals surface area contributed by atoms with E-state index in [0.29, 0.717) is 33.5 Å². The average molecular weight is 628 g/mol. The minimum absolute atomic E-state index is 0.0189. The smallest absolute Gasteiger partial charge is 0.277 e. The molecular formula is C30H28Cl2FN5O5. The lowest BCUT2D eigenvalue weighted by atomic mass is 9.94. The summed E-state index contributed by atoms with van der Waals surface area (Å²) in [4.78, 5) is 39.1. The van der Waals surface area contributed by atoms with Gasteiger partial charge in [0.1, 0.15) is 0 Å². The van der Waals surface area contributed by atoms with Gasteiger partial charge in [-0.05, 0) is 48.7 Å². The number of hydrogen-bond acceptors (Lipinski definition) is 8. The van der Waals surface area contributed by atoms with Gasteiger partial charge >= 0.3 is 0 Å². The molecule has 1 fully saturated rings. The van der Waals surface area contributed by atoms with Gasteiger partial charge in [0.2, 0.25) is 18.9 Å². The van der Waals surface area contributed by atoms with Crippen LogP contribution >= 0.6 is 23.2 Å². The Morgan fingerprint density at radius 1 is 1.26 bits per heavy atom. The number of likely N-dealkylation sites (tertiary alicyclic amines) is 1. The first-order valence-electron chi connectivity index (χ1n) is 13.6. The molecule has 224 valence electrons. The highest BCUT2D eigenvalue weighted by atomic mass is 35.5. The van der Waals surface area contributed by atoms with E-state index in [-0.39, 0.29) is 48.0 Å². The highest BCUT2D eigenvalue weighted by Gasteiger charge is 2.50. The summed E-state index contributed by atoms with van der Waals surface area (Å²) in [6, 6.07) is 6.57. The van der Waals surface area contributed by atoms with E-state index < -0.39 is 30.3 Å². The molecule has 3 aliphatic heterocycles. The third kappa shape index (κ3) is 4.75. The van der Waals surface area contributed by atoms with Crippen LogP contribution in [0, 0.1) is 6.92 Å². The number of nitrogens with zero attached hydrogens (tertiary/aromatic N) is 5. The van der Waals surface area contributed by atoms with Gasteiger partial charge in [-0.3, -0.25) is 19.5 Å². The van der Waals surface area contributed by atoms with E-state index >= 15 is 4.39 Å². The zero-order chi connectivity index (χ0) is 30.8. The topological polar surface area (TPSA) is 108 Å². The molecule has 3 aliphatic rings. The maximum Gasteiger partial charge on any atom is 0.277 e. The maximum absolute atomic E-state index is 15.9. The van der Waals surface area contributed by atoms with Crippen LogP contribution in [0.3, 0.4) is 0 Å². The summed E-state index contributed by atoms with van der Waals surface area (Å²) in [6.45, 7) is 8.24. The lowest BCUT2D eigenvalue weighted by Crippen LogP contribution is -2.67. The van der Waals surface area contributed by atoms with Crippen LogP contribution in [0.1, 0.15) is 31.0 Å². The van der Waals surface area contributed by atoms with Crippen molar-refractivity contribution in [3.63, 3.8) is 0 Å². The molecule has 1 saturated heterocycles. The van der Waals surface area contributed by atoms with E-state index in [9.17, 15) is 14.7 Å². The molecule has 1 N–H and O–H groups in total. The Kier molecular flexibility index (Phi) is 7.22. The van der Waals surface area contributed by atoms with E-state index in [1.165, 1.54) is 15.9 Å². The number of hydrogen-bond donors (Lipinski definition) is 1.